The van der Waals surface area contributed by atoms with Crippen LogP contribution in [0.5, 0.6) is 0 Å². The van der Waals surface area contributed by atoms with E-state index >= 15 is 0 Å². The fraction of sp³-hybridized carbons (Fsp3) is 0.323. The highest BCUT2D eigenvalue weighted by Gasteiger charge is 2.22. The number of amides is 2. The van der Waals surface area contributed by atoms with Crippen molar-refractivity contribution in [1.29, 1.82) is 0 Å². The molecule has 38 heavy (non-hydrogen) atoms. The molecule has 7 heteroatoms. The third-order valence-corrected chi connectivity index (χ3v) is 7.84. The Morgan fingerprint density at radius 3 is 2.47 bits per heavy atom. The number of fused-ring (bicyclic) bond motifs is 1. The van der Waals surface area contributed by atoms with Crippen molar-refractivity contribution < 1.29 is 9.59 Å². The average molecular weight is 529 g/mol. The zero-order chi connectivity index (χ0) is 26.6. The van der Waals surface area contributed by atoms with Crippen LogP contribution in [-0.4, -0.2) is 28.4 Å². The number of rotatable bonds is 8. The van der Waals surface area contributed by atoms with Gasteiger partial charge in [-0.25, -0.2) is 4.98 Å². The van der Waals surface area contributed by atoms with Crippen LogP contribution in [0.1, 0.15) is 60.9 Å². The lowest BCUT2D eigenvalue weighted by atomic mass is 10.0. The predicted octanol–water partition coefficient (Wildman–Crippen LogP) is 7.29. The van der Waals surface area contributed by atoms with Gasteiger partial charge in [0.25, 0.3) is 5.91 Å². The van der Waals surface area contributed by atoms with E-state index in [1.807, 2.05) is 48.0 Å². The van der Waals surface area contributed by atoms with Gasteiger partial charge in [0.15, 0.2) is 0 Å². The number of hydrogen-bond acceptors (Lipinski definition) is 3. The maximum atomic E-state index is 13.1. The smallest absolute Gasteiger partial charge is 0.257 e. The Hall–Kier alpha value is -3.64. The van der Waals surface area contributed by atoms with Gasteiger partial charge in [-0.3, -0.25) is 14.9 Å². The summed E-state index contributed by atoms with van der Waals surface area (Å²) < 4.78 is 2.05. The molecule has 1 aliphatic carbocycles. The zero-order valence-corrected chi connectivity index (χ0v) is 22.6. The predicted molar refractivity (Wildman–Crippen MR) is 154 cm³/mol. The van der Waals surface area contributed by atoms with Gasteiger partial charge in [0.2, 0.25) is 11.9 Å². The molecule has 0 radical (unpaired) electrons. The van der Waals surface area contributed by atoms with Gasteiger partial charge in [0, 0.05) is 36.3 Å². The highest BCUT2D eigenvalue weighted by molar-refractivity contribution is 6.30. The largest absolute Gasteiger partial charge is 0.315 e. The van der Waals surface area contributed by atoms with Crippen molar-refractivity contribution >= 4 is 46.1 Å². The van der Waals surface area contributed by atoms with E-state index in [1.54, 1.807) is 29.2 Å². The first-order valence-electron chi connectivity index (χ1n) is 13.3. The molecule has 1 saturated carbocycles. The first kappa shape index (κ1) is 26.0. The Bertz CT molecular complexity index is 1430. The molecule has 0 spiro atoms. The number of carbonyl (C=O) groups is 2. The number of carbonyl (C=O) groups excluding carboxylic acids is 2. The lowest BCUT2D eigenvalue weighted by Gasteiger charge is -2.20. The molecule has 1 fully saturated rings. The summed E-state index contributed by atoms with van der Waals surface area (Å²) in [7, 11) is 1.83. The van der Waals surface area contributed by atoms with Crippen molar-refractivity contribution in [2.24, 2.45) is 5.92 Å². The molecule has 196 valence electrons. The van der Waals surface area contributed by atoms with Crippen LogP contribution in [0.2, 0.25) is 5.02 Å². The standard InChI is InChI=1S/C31H33ClN4O2/c1-21(23-10-4-3-5-11-23)20-36-28-17-16-26(35(2)29(37)18-22-8-6-7-9-22)19-27(28)33-31(36)34-30(38)24-12-14-25(32)15-13-24/h3-5,10-17,19,21-22H,6-9,18,20H2,1-2H3,(H,33,34,38). The number of anilines is 2. The van der Waals surface area contributed by atoms with Crippen molar-refractivity contribution in [3.63, 3.8) is 0 Å². The molecule has 0 aliphatic heterocycles. The summed E-state index contributed by atoms with van der Waals surface area (Å²) in [6, 6.07) is 23.0. The molecule has 1 heterocycles. The Kier molecular flexibility index (Phi) is 7.79. The maximum absolute atomic E-state index is 13.1. The normalized spacial score (nSPS) is 14.5. The van der Waals surface area contributed by atoms with E-state index in [0.29, 0.717) is 35.4 Å². The summed E-state index contributed by atoms with van der Waals surface area (Å²) >= 11 is 6.00. The summed E-state index contributed by atoms with van der Waals surface area (Å²) in [6.45, 7) is 2.79. The summed E-state index contributed by atoms with van der Waals surface area (Å²) in [5.74, 6) is 1.02. The number of hydrogen-bond donors (Lipinski definition) is 1. The van der Waals surface area contributed by atoms with Crippen LogP contribution >= 0.6 is 11.6 Å². The molecule has 6 nitrogen and oxygen atoms in total. The molecule has 2 amide bonds. The summed E-state index contributed by atoms with van der Waals surface area (Å²) in [4.78, 5) is 32.6. The van der Waals surface area contributed by atoms with Gasteiger partial charge in [-0.1, -0.05) is 61.7 Å². The zero-order valence-electron chi connectivity index (χ0n) is 21.9. The minimum atomic E-state index is -0.255. The molecule has 1 N–H and O–H groups in total. The van der Waals surface area contributed by atoms with Gasteiger partial charge in [0.05, 0.1) is 11.0 Å². The Morgan fingerprint density at radius 2 is 1.76 bits per heavy atom. The van der Waals surface area contributed by atoms with Crippen LogP contribution in [-0.2, 0) is 11.3 Å². The highest BCUT2D eigenvalue weighted by Crippen LogP contribution is 2.31. The van der Waals surface area contributed by atoms with E-state index < -0.39 is 0 Å². The van der Waals surface area contributed by atoms with Crippen molar-refractivity contribution in [2.45, 2.75) is 51.5 Å². The number of aromatic nitrogens is 2. The van der Waals surface area contributed by atoms with Crippen molar-refractivity contribution in [3.05, 3.63) is 88.9 Å². The fourth-order valence-electron chi connectivity index (χ4n) is 5.29. The molecule has 3 aromatic carbocycles. The van der Waals surface area contributed by atoms with Crippen LogP contribution in [0.3, 0.4) is 0 Å². The monoisotopic (exact) mass is 528 g/mol. The van der Waals surface area contributed by atoms with Crippen molar-refractivity contribution in [2.75, 3.05) is 17.3 Å². The maximum Gasteiger partial charge on any atom is 0.257 e. The van der Waals surface area contributed by atoms with Crippen LogP contribution in [0.25, 0.3) is 11.0 Å². The van der Waals surface area contributed by atoms with Gasteiger partial charge in [-0.15, -0.1) is 0 Å². The number of nitrogens with zero attached hydrogens (tertiary/aromatic N) is 3. The van der Waals surface area contributed by atoms with Gasteiger partial charge in [-0.05, 0) is 72.7 Å². The molecule has 0 saturated heterocycles. The number of imidazole rings is 1. The SMILES string of the molecule is CC(Cn1c(NC(=O)c2ccc(Cl)cc2)nc2cc(N(C)C(=O)CC3CCCC3)ccc21)c1ccccc1. The molecule has 4 aromatic rings. The van der Waals surface area contributed by atoms with E-state index in [4.69, 9.17) is 16.6 Å². The third-order valence-electron chi connectivity index (χ3n) is 7.59. The first-order valence-corrected chi connectivity index (χ1v) is 13.7. The Balaban J connectivity index is 1.45. The van der Waals surface area contributed by atoms with Crippen molar-refractivity contribution in [1.82, 2.24) is 9.55 Å². The summed E-state index contributed by atoms with van der Waals surface area (Å²) in [6.07, 6.45) is 5.30. The van der Waals surface area contributed by atoms with E-state index in [1.165, 1.54) is 18.4 Å². The van der Waals surface area contributed by atoms with E-state index in [2.05, 4.69) is 24.4 Å². The van der Waals surface area contributed by atoms with E-state index in [0.717, 1.165) is 29.6 Å². The molecule has 1 atom stereocenters. The van der Waals surface area contributed by atoms with Crippen molar-refractivity contribution in [3.8, 4) is 0 Å². The van der Waals surface area contributed by atoms with Gasteiger partial charge in [0.1, 0.15) is 0 Å². The Morgan fingerprint density at radius 1 is 1.05 bits per heavy atom. The number of nitrogens with one attached hydrogen (secondary N) is 1. The second kappa shape index (κ2) is 11.4. The Labute approximate surface area is 228 Å². The second-order valence-corrected chi connectivity index (χ2v) is 10.7. The van der Waals surface area contributed by atoms with Gasteiger partial charge < -0.3 is 9.47 Å². The van der Waals surface area contributed by atoms with Crippen LogP contribution in [0.4, 0.5) is 11.6 Å². The third kappa shape index (κ3) is 5.76. The minimum absolute atomic E-state index is 0.129. The second-order valence-electron chi connectivity index (χ2n) is 10.3. The first-order chi connectivity index (χ1) is 18.4. The topological polar surface area (TPSA) is 67.2 Å². The summed E-state index contributed by atoms with van der Waals surface area (Å²) in [5.41, 5.74) is 4.14. The molecule has 0 bridgehead atoms. The molecule has 1 aromatic heterocycles. The van der Waals surface area contributed by atoms with Crippen LogP contribution < -0.4 is 10.2 Å². The lowest BCUT2D eigenvalue weighted by molar-refractivity contribution is -0.119. The van der Waals surface area contributed by atoms with E-state index in [9.17, 15) is 9.59 Å². The van der Waals surface area contributed by atoms with Gasteiger partial charge in [-0.2, -0.15) is 0 Å². The average Bonchev–Trinajstić information content (AvgIpc) is 3.56. The van der Waals surface area contributed by atoms with Gasteiger partial charge >= 0.3 is 0 Å². The molecular formula is C31H33ClN4O2. The molecule has 1 aliphatic rings. The van der Waals surface area contributed by atoms with Crippen LogP contribution in [0, 0.1) is 5.92 Å². The number of benzene rings is 3. The molecule has 1 unspecified atom stereocenters. The lowest BCUT2D eigenvalue weighted by Crippen LogP contribution is -2.27. The van der Waals surface area contributed by atoms with E-state index in [-0.39, 0.29) is 17.7 Å². The van der Waals surface area contributed by atoms with Crippen LogP contribution in [0.15, 0.2) is 72.8 Å². The molecular weight excluding hydrogens is 496 g/mol. The summed E-state index contributed by atoms with van der Waals surface area (Å²) in [5, 5.41) is 3.58. The minimum Gasteiger partial charge on any atom is -0.315 e. The quantitative estimate of drug-likeness (QED) is 0.261. The molecule has 5 rings (SSSR count). The number of halogens is 1. The fourth-order valence-corrected chi connectivity index (χ4v) is 5.41. The highest BCUT2D eigenvalue weighted by atomic mass is 35.5.